The van der Waals surface area contributed by atoms with Gasteiger partial charge in [0.15, 0.2) is 0 Å². The van der Waals surface area contributed by atoms with E-state index in [1.54, 1.807) is 12.1 Å². The second-order valence-electron chi connectivity index (χ2n) is 5.06. The Kier molecular flexibility index (Phi) is 5.22. The maximum atomic E-state index is 12.9. The number of nitrogens with one attached hydrogen (secondary N) is 2. The molecule has 7 heteroatoms. The van der Waals surface area contributed by atoms with E-state index in [2.05, 4.69) is 25.7 Å². The van der Waals surface area contributed by atoms with Gasteiger partial charge in [-0.2, -0.15) is 10.1 Å². The fraction of sp³-hybridized carbons (Fsp3) is 0.118. The molecule has 0 unspecified atom stereocenters. The Bertz CT molecular complexity index is 815. The van der Waals surface area contributed by atoms with Gasteiger partial charge in [-0.25, -0.2) is 14.9 Å². The number of benzene rings is 2. The van der Waals surface area contributed by atoms with Gasteiger partial charge in [-0.15, -0.1) is 5.10 Å². The van der Waals surface area contributed by atoms with Gasteiger partial charge in [-0.1, -0.05) is 54.2 Å². The average Bonchev–Trinajstić information content (AvgIpc) is 3.08. The van der Waals surface area contributed by atoms with E-state index >= 15 is 0 Å². The zero-order valence-corrected chi connectivity index (χ0v) is 13.8. The van der Waals surface area contributed by atoms with E-state index in [9.17, 15) is 4.39 Å². The number of hydrogen-bond acceptors (Lipinski definition) is 5. The molecule has 1 aromatic heterocycles. The van der Waals surface area contributed by atoms with Crippen molar-refractivity contribution >= 4 is 23.4 Å². The number of aromatic nitrogens is 3. The van der Waals surface area contributed by atoms with E-state index < -0.39 is 0 Å². The van der Waals surface area contributed by atoms with Crippen molar-refractivity contribution in [2.45, 2.75) is 17.8 Å². The molecule has 1 heterocycles. The Labute approximate surface area is 143 Å². The lowest BCUT2D eigenvalue weighted by atomic mass is 10.1. The number of aromatic amines is 1. The lowest BCUT2D eigenvalue weighted by molar-refractivity contribution is 0.627. The molecule has 24 heavy (non-hydrogen) atoms. The van der Waals surface area contributed by atoms with Crippen molar-refractivity contribution in [1.82, 2.24) is 15.2 Å². The summed E-state index contributed by atoms with van der Waals surface area (Å²) in [6.07, 6.45) is 0. The summed E-state index contributed by atoms with van der Waals surface area (Å²) in [6.45, 7) is 1.92. The molecule has 0 amide bonds. The minimum absolute atomic E-state index is 0.236. The third-order valence-electron chi connectivity index (χ3n) is 3.27. The molecule has 0 aliphatic heterocycles. The zero-order chi connectivity index (χ0) is 16.8. The normalized spacial score (nSPS) is 11.5. The van der Waals surface area contributed by atoms with E-state index in [1.165, 1.54) is 23.9 Å². The highest BCUT2D eigenvalue weighted by Gasteiger charge is 2.04. The van der Waals surface area contributed by atoms with Gasteiger partial charge in [0.25, 0.3) is 0 Å². The van der Waals surface area contributed by atoms with Gasteiger partial charge in [-0.05, 0) is 30.2 Å². The summed E-state index contributed by atoms with van der Waals surface area (Å²) >= 11 is 1.47. The Balaban J connectivity index is 1.56. The van der Waals surface area contributed by atoms with E-state index in [0.29, 0.717) is 16.9 Å². The Morgan fingerprint density at radius 2 is 1.92 bits per heavy atom. The fourth-order valence-corrected chi connectivity index (χ4v) is 2.72. The summed E-state index contributed by atoms with van der Waals surface area (Å²) in [5, 5.41) is 11.8. The number of rotatable bonds is 6. The SMILES string of the molecule is C/C(=N\Nc1nc(SCc2ccc(F)cc2)n[nH]1)c1ccccc1. The van der Waals surface area contributed by atoms with Gasteiger partial charge in [0.2, 0.25) is 11.1 Å². The van der Waals surface area contributed by atoms with Gasteiger partial charge in [0.05, 0.1) is 5.71 Å². The van der Waals surface area contributed by atoms with Crippen LogP contribution in [0.5, 0.6) is 0 Å². The minimum atomic E-state index is -0.236. The highest BCUT2D eigenvalue weighted by molar-refractivity contribution is 7.98. The molecule has 0 radical (unpaired) electrons. The number of anilines is 1. The van der Waals surface area contributed by atoms with Crippen LogP contribution >= 0.6 is 11.8 Å². The molecule has 0 atom stereocenters. The second kappa shape index (κ2) is 7.74. The largest absolute Gasteiger partial charge is 0.245 e. The van der Waals surface area contributed by atoms with Crippen LogP contribution in [0.1, 0.15) is 18.1 Å². The first-order valence-electron chi connectivity index (χ1n) is 7.36. The summed E-state index contributed by atoms with van der Waals surface area (Å²) in [5.41, 5.74) is 5.77. The molecular formula is C17H16FN5S. The molecule has 0 spiro atoms. The first kappa shape index (κ1) is 16.2. The minimum Gasteiger partial charge on any atom is -0.245 e. The number of H-pyrrole nitrogens is 1. The summed E-state index contributed by atoms with van der Waals surface area (Å²) in [5.74, 6) is 0.913. The van der Waals surface area contributed by atoms with E-state index in [1.807, 2.05) is 37.3 Å². The van der Waals surface area contributed by atoms with E-state index in [4.69, 9.17) is 0 Å². The zero-order valence-electron chi connectivity index (χ0n) is 13.0. The molecule has 3 rings (SSSR count). The molecule has 0 fully saturated rings. The van der Waals surface area contributed by atoms with Gasteiger partial charge < -0.3 is 0 Å². The van der Waals surface area contributed by atoms with Crippen LogP contribution in [0.3, 0.4) is 0 Å². The predicted molar refractivity (Wildman–Crippen MR) is 94.6 cm³/mol. The van der Waals surface area contributed by atoms with Crippen LogP contribution in [0.2, 0.25) is 0 Å². The van der Waals surface area contributed by atoms with E-state index in [0.717, 1.165) is 16.8 Å². The lowest BCUT2D eigenvalue weighted by Gasteiger charge is -2.00. The van der Waals surface area contributed by atoms with Crippen molar-refractivity contribution in [1.29, 1.82) is 0 Å². The highest BCUT2D eigenvalue weighted by atomic mass is 32.2. The van der Waals surface area contributed by atoms with Crippen LogP contribution in [-0.2, 0) is 5.75 Å². The van der Waals surface area contributed by atoms with Crippen molar-refractivity contribution in [2.24, 2.45) is 5.10 Å². The highest BCUT2D eigenvalue weighted by Crippen LogP contribution is 2.20. The van der Waals surface area contributed by atoms with Crippen molar-refractivity contribution in [3.63, 3.8) is 0 Å². The van der Waals surface area contributed by atoms with Gasteiger partial charge >= 0.3 is 0 Å². The Hall–Kier alpha value is -2.67. The molecule has 3 aromatic rings. The van der Waals surface area contributed by atoms with Crippen molar-refractivity contribution in [2.75, 3.05) is 5.43 Å². The van der Waals surface area contributed by atoms with Crippen molar-refractivity contribution in [3.05, 3.63) is 71.5 Å². The quantitative estimate of drug-likeness (QED) is 0.403. The molecule has 0 saturated carbocycles. The summed E-state index contributed by atoms with van der Waals surface area (Å²) < 4.78 is 12.9. The van der Waals surface area contributed by atoms with Crippen LogP contribution < -0.4 is 5.43 Å². The molecule has 0 aliphatic rings. The van der Waals surface area contributed by atoms with Crippen LogP contribution in [0.25, 0.3) is 0 Å². The maximum absolute atomic E-state index is 12.9. The van der Waals surface area contributed by atoms with E-state index in [-0.39, 0.29) is 5.82 Å². The number of nitrogens with zero attached hydrogens (tertiary/aromatic N) is 3. The monoisotopic (exact) mass is 341 g/mol. The summed E-state index contributed by atoms with van der Waals surface area (Å²) in [7, 11) is 0. The predicted octanol–water partition coefficient (Wildman–Crippen LogP) is 4.07. The third-order valence-corrected chi connectivity index (χ3v) is 4.19. The molecule has 2 aromatic carbocycles. The first-order valence-corrected chi connectivity index (χ1v) is 8.34. The van der Waals surface area contributed by atoms with Gasteiger partial charge in [0.1, 0.15) is 5.82 Å². The van der Waals surface area contributed by atoms with Crippen LogP contribution in [-0.4, -0.2) is 20.9 Å². The lowest BCUT2D eigenvalue weighted by Crippen LogP contribution is -2.00. The molecule has 0 saturated heterocycles. The van der Waals surface area contributed by atoms with Gasteiger partial charge in [0, 0.05) is 5.75 Å². The first-order chi connectivity index (χ1) is 11.7. The maximum Gasteiger partial charge on any atom is 0.240 e. The fourth-order valence-electron chi connectivity index (χ4n) is 1.97. The average molecular weight is 341 g/mol. The Morgan fingerprint density at radius 1 is 1.17 bits per heavy atom. The molecule has 5 nitrogen and oxygen atoms in total. The second-order valence-corrected chi connectivity index (χ2v) is 6.00. The third kappa shape index (κ3) is 4.42. The number of halogens is 1. The smallest absolute Gasteiger partial charge is 0.240 e. The van der Waals surface area contributed by atoms with Crippen molar-refractivity contribution in [3.8, 4) is 0 Å². The number of thioether (sulfide) groups is 1. The Morgan fingerprint density at radius 3 is 2.67 bits per heavy atom. The summed E-state index contributed by atoms with van der Waals surface area (Å²) in [6, 6.07) is 16.3. The summed E-state index contributed by atoms with van der Waals surface area (Å²) in [4.78, 5) is 4.31. The number of hydrogen-bond donors (Lipinski definition) is 2. The van der Waals surface area contributed by atoms with Crippen molar-refractivity contribution < 1.29 is 4.39 Å². The number of hydrazone groups is 1. The topological polar surface area (TPSA) is 66.0 Å². The standard InChI is InChI=1S/C17H16FN5S/c1-12(14-5-3-2-4-6-14)20-21-16-19-17(23-22-16)24-11-13-7-9-15(18)10-8-13/h2-10H,11H2,1H3,(H2,19,21,22,23)/b20-12+. The molecule has 0 aliphatic carbocycles. The molecule has 2 N–H and O–H groups in total. The molecule has 0 bridgehead atoms. The van der Waals surface area contributed by atoms with Gasteiger partial charge in [-0.3, -0.25) is 0 Å². The van der Waals surface area contributed by atoms with Crippen LogP contribution in [0.4, 0.5) is 10.3 Å². The molecule has 122 valence electrons. The van der Waals surface area contributed by atoms with Crippen LogP contribution in [0, 0.1) is 5.82 Å². The van der Waals surface area contributed by atoms with Crippen LogP contribution in [0.15, 0.2) is 64.9 Å². The molecular weight excluding hydrogens is 325 g/mol.